The zero-order valence-electron chi connectivity index (χ0n) is 8.69. The van der Waals surface area contributed by atoms with Gasteiger partial charge in [0.25, 0.3) is 0 Å². The lowest BCUT2D eigenvalue weighted by molar-refractivity contribution is -0.136. The Morgan fingerprint density at radius 1 is 1.47 bits per heavy atom. The fourth-order valence-corrected chi connectivity index (χ4v) is 1.25. The summed E-state index contributed by atoms with van der Waals surface area (Å²) in [5, 5.41) is 11.3. The number of hydrogen-bond acceptors (Lipinski definition) is 3. The second-order valence-electron chi connectivity index (χ2n) is 3.04. The molecule has 2 N–H and O–H groups in total. The molecule has 0 aliphatic carbocycles. The molecule has 4 nitrogen and oxygen atoms in total. The maximum Gasteiger partial charge on any atom is 0.317 e. The Labute approximate surface area is 88.9 Å². The van der Waals surface area contributed by atoms with E-state index < -0.39 is 5.97 Å². The second-order valence-corrected chi connectivity index (χ2v) is 3.04. The number of rotatable bonds is 6. The van der Waals surface area contributed by atoms with Crippen LogP contribution < -0.4 is 10.1 Å². The van der Waals surface area contributed by atoms with Crippen molar-refractivity contribution in [1.29, 1.82) is 0 Å². The molecule has 1 aromatic carbocycles. The number of aliphatic carboxylic acids is 1. The Kier molecular flexibility index (Phi) is 4.63. The lowest BCUT2D eigenvalue weighted by Gasteiger charge is -2.09. The Morgan fingerprint density at radius 2 is 2.20 bits per heavy atom. The highest BCUT2D eigenvalue weighted by atomic mass is 16.5. The molecule has 15 heavy (non-hydrogen) atoms. The van der Waals surface area contributed by atoms with Crippen molar-refractivity contribution in [2.24, 2.45) is 0 Å². The standard InChI is InChI=1S/C11H15NO3/c1-2-15-10-6-4-3-5-9(10)7-12-8-11(13)14/h3-6,12H,2,7-8H2,1H3,(H,13,14). The first-order valence-corrected chi connectivity index (χ1v) is 4.87. The summed E-state index contributed by atoms with van der Waals surface area (Å²) < 4.78 is 5.41. The van der Waals surface area contributed by atoms with E-state index in [9.17, 15) is 4.79 Å². The minimum atomic E-state index is -0.858. The lowest BCUT2D eigenvalue weighted by atomic mass is 10.2. The van der Waals surface area contributed by atoms with Crippen LogP contribution in [0.5, 0.6) is 5.75 Å². The molecule has 0 unspecified atom stereocenters. The molecule has 0 amide bonds. The van der Waals surface area contributed by atoms with Crippen molar-refractivity contribution in [2.75, 3.05) is 13.2 Å². The van der Waals surface area contributed by atoms with Gasteiger partial charge in [-0.25, -0.2) is 0 Å². The molecule has 0 heterocycles. The van der Waals surface area contributed by atoms with Gasteiger partial charge in [-0.15, -0.1) is 0 Å². The zero-order chi connectivity index (χ0) is 11.1. The van der Waals surface area contributed by atoms with Crippen molar-refractivity contribution in [3.8, 4) is 5.75 Å². The van der Waals surface area contributed by atoms with Crippen molar-refractivity contribution in [2.45, 2.75) is 13.5 Å². The van der Waals surface area contributed by atoms with Crippen LogP contribution in [0.2, 0.25) is 0 Å². The van der Waals surface area contributed by atoms with Crippen LogP contribution in [0.3, 0.4) is 0 Å². The molecule has 0 radical (unpaired) electrons. The number of nitrogens with one attached hydrogen (secondary N) is 1. The minimum Gasteiger partial charge on any atom is -0.494 e. The highest BCUT2D eigenvalue weighted by Gasteiger charge is 2.02. The van der Waals surface area contributed by atoms with Gasteiger partial charge < -0.3 is 15.2 Å². The van der Waals surface area contributed by atoms with Crippen molar-refractivity contribution >= 4 is 5.97 Å². The van der Waals surface area contributed by atoms with Crippen LogP contribution in [-0.4, -0.2) is 24.2 Å². The van der Waals surface area contributed by atoms with E-state index in [1.54, 1.807) is 0 Å². The van der Waals surface area contributed by atoms with Crippen molar-refractivity contribution in [3.63, 3.8) is 0 Å². The number of ether oxygens (including phenoxy) is 1. The summed E-state index contributed by atoms with van der Waals surface area (Å²) in [7, 11) is 0. The summed E-state index contributed by atoms with van der Waals surface area (Å²) in [6.07, 6.45) is 0. The van der Waals surface area contributed by atoms with E-state index in [0.29, 0.717) is 13.2 Å². The van der Waals surface area contributed by atoms with Gasteiger partial charge in [-0.05, 0) is 13.0 Å². The van der Waals surface area contributed by atoms with Crippen LogP contribution in [0.4, 0.5) is 0 Å². The highest BCUT2D eigenvalue weighted by molar-refractivity contribution is 5.69. The fourth-order valence-electron chi connectivity index (χ4n) is 1.25. The number of carboxylic acid groups (broad SMARTS) is 1. The number of hydrogen-bond donors (Lipinski definition) is 2. The van der Waals surface area contributed by atoms with Gasteiger partial charge in [-0.2, -0.15) is 0 Å². The van der Waals surface area contributed by atoms with Gasteiger partial charge in [-0.1, -0.05) is 18.2 Å². The van der Waals surface area contributed by atoms with E-state index in [2.05, 4.69) is 5.32 Å². The Balaban J connectivity index is 2.55. The minimum absolute atomic E-state index is 0.0412. The maximum atomic E-state index is 10.3. The van der Waals surface area contributed by atoms with E-state index >= 15 is 0 Å². The van der Waals surface area contributed by atoms with Crippen molar-refractivity contribution < 1.29 is 14.6 Å². The molecule has 82 valence electrons. The molecule has 0 bridgehead atoms. The molecule has 0 spiro atoms. The van der Waals surface area contributed by atoms with Crippen molar-refractivity contribution in [3.05, 3.63) is 29.8 Å². The van der Waals surface area contributed by atoms with Crippen LogP contribution in [0.15, 0.2) is 24.3 Å². The largest absolute Gasteiger partial charge is 0.494 e. The lowest BCUT2D eigenvalue weighted by Crippen LogP contribution is -2.22. The number of carbonyl (C=O) groups is 1. The van der Waals surface area contributed by atoms with E-state index in [4.69, 9.17) is 9.84 Å². The van der Waals surface area contributed by atoms with Crippen molar-refractivity contribution in [1.82, 2.24) is 5.32 Å². The Hall–Kier alpha value is -1.55. The quantitative estimate of drug-likeness (QED) is 0.740. The average Bonchev–Trinajstić information content (AvgIpc) is 2.20. The number of carboxylic acids is 1. The SMILES string of the molecule is CCOc1ccccc1CNCC(=O)O. The molecule has 1 aromatic rings. The summed E-state index contributed by atoms with van der Waals surface area (Å²) in [4.78, 5) is 10.3. The van der Waals surface area contributed by atoms with Crippen LogP contribution in [-0.2, 0) is 11.3 Å². The molecule has 0 saturated heterocycles. The molecule has 0 aliphatic rings. The first kappa shape index (κ1) is 11.5. The van der Waals surface area contributed by atoms with E-state index in [1.165, 1.54) is 0 Å². The monoisotopic (exact) mass is 209 g/mol. The van der Waals surface area contributed by atoms with E-state index in [1.807, 2.05) is 31.2 Å². The second kappa shape index (κ2) is 6.03. The Bertz CT molecular complexity index is 325. The summed E-state index contributed by atoms with van der Waals surface area (Å²) in [5.41, 5.74) is 0.973. The fraction of sp³-hybridized carbons (Fsp3) is 0.364. The zero-order valence-corrected chi connectivity index (χ0v) is 8.69. The van der Waals surface area contributed by atoms with Crippen LogP contribution in [0.1, 0.15) is 12.5 Å². The topological polar surface area (TPSA) is 58.6 Å². The molecule has 0 aliphatic heterocycles. The molecule has 0 saturated carbocycles. The molecule has 4 heteroatoms. The summed E-state index contributed by atoms with van der Waals surface area (Å²) in [6, 6.07) is 7.59. The van der Waals surface area contributed by atoms with E-state index in [0.717, 1.165) is 11.3 Å². The smallest absolute Gasteiger partial charge is 0.317 e. The molecular weight excluding hydrogens is 194 g/mol. The Morgan fingerprint density at radius 3 is 2.87 bits per heavy atom. The summed E-state index contributed by atoms with van der Waals surface area (Å²) >= 11 is 0. The number of para-hydroxylation sites is 1. The third-order valence-electron chi connectivity index (χ3n) is 1.86. The normalized spacial score (nSPS) is 9.93. The van der Waals surface area contributed by atoms with Gasteiger partial charge in [-0.3, -0.25) is 4.79 Å². The van der Waals surface area contributed by atoms with Crippen LogP contribution in [0, 0.1) is 0 Å². The van der Waals surface area contributed by atoms with Crippen LogP contribution in [0.25, 0.3) is 0 Å². The van der Waals surface area contributed by atoms with Gasteiger partial charge in [0.15, 0.2) is 0 Å². The first-order chi connectivity index (χ1) is 7.24. The molecule has 0 atom stereocenters. The van der Waals surface area contributed by atoms with Gasteiger partial charge in [0.2, 0.25) is 0 Å². The van der Waals surface area contributed by atoms with Gasteiger partial charge in [0, 0.05) is 12.1 Å². The predicted molar refractivity (Wildman–Crippen MR) is 57.0 cm³/mol. The molecule has 0 fully saturated rings. The summed E-state index contributed by atoms with van der Waals surface area (Å²) in [5.74, 6) is -0.0539. The van der Waals surface area contributed by atoms with Gasteiger partial charge >= 0.3 is 5.97 Å². The average molecular weight is 209 g/mol. The third kappa shape index (κ3) is 3.99. The highest BCUT2D eigenvalue weighted by Crippen LogP contribution is 2.17. The summed E-state index contributed by atoms with van der Waals surface area (Å²) in [6.45, 7) is 2.99. The first-order valence-electron chi connectivity index (χ1n) is 4.87. The third-order valence-corrected chi connectivity index (χ3v) is 1.86. The molecule has 0 aromatic heterocycles. The number of benzene rings is 1. The predicted octanol–water partition coefficient (Wildman–Crippen LogP) is 1.26. The van der Waals surface area contributed by atoms with E-state index in [-0.39, 0.29) is 6.54 Å². The van der Waals surface area contributed by atoms with Gasteiger partial charge in [0.05, 0.1) is 13.2 Å². The maximum absolute atomic E-state index is 10.3. The van der Waals surface area contributed by atoms with Crippen LogP contribution >= 0.6 is 0 Å². The molecular formula is C11H15NO3. The van der Waals surface area contributed by atoms with Gasteiger partial charge in [0.1, 0.15) is 5.75 Å². The molecule has 1 rings (SSSR count).